The van der Waals surface area contributed by atoms with Gasteiger partial charge in [0.2, 0.25) is 11.8 Å². The number of nitrogens with zero attached hydrogens (tertiary/aromatic N) is 2. The highest BCUT2D eigenvalue weighted by Gasteiger charge is 2.28. The maximum Gasteiger partial charge on any atom is 0.252 e. The van der Waals surface area contributed by atoms with Gasteiger partial charge in [0.15, 0.2) is 5.82 Å². The fourth-order valence-corrected chi connectivity index (χ4v) is 2.70. The van der Waals surface area contributed by atoms with Crippen LogP contribution in [-0.4, -0.2) is 47.4 Å². The topological polar surface area (TPSA) is 105 Å². The second-order valence-electron chi connectivity index (χ2n) is 7.08. The maximum atomic E-state index is 12.8. The fraction of sp³-hybridized carbons (Fsp3) is 0.400. The molecule has 0 saturated carbocycles. The molecule has 3 amide bonds. The number of hydrogen-bond donors (Lipinski definition) is 2. The summed E-state index contributed by atoms with van der Waals surface area (Å²) >= 11 is 0. The molecule has 0 bridgehead atoms. The monoisotopic (exact) mass is 386 g/mol. The first-order chi connectivity index (χ1) is 13.2. The summed E-state index contributed by atoms with van der Waals surface area (Å²) < 4.78 is 4.89. The van der Waals surface area contributed by atoms with Crippen molar-refractivity contribution in [1.82, 2.24) is 15.4 Å². The summed E-state index contributed by atoms with van der Waals surface area (Å²) in [5, 5.41) is 9.04. The van der Waals surface area contributed by atoms with Crippen LogP contribution in [0.2, 0.25) is 0 Å². The molecule has 1 heterocycles. The van der Waals surface area contributed by atoms with E-state index in [1.54, 1.807) is 25.1 Å². The predicted octanol–water partition coefficient (Wildman–Crippen LogP) is 2.14. The van der Waals surface area contributed by atoms with Crippen LogP contribution in [0.25, 0.3) is 0 Å². The van der Waals surface area contributed by atoms with E-state index in [9.17, 15) is 14.4 Å². The first kappa shape index (κ1) is 21.1. The Bertz CT molecular complexity index is 859. The smallest absolute Gasteiger partial charge is 0.252 e. The van der Waals surface area contributed by atoms with Gasteiger partial charge in [-0.2, -0.15) is 0 Å². The minimum atomic E-state index is -0.751. The molecule has 150 valence electrons. The molecule has 0 aliphatic carbocycles. The van der Waals surface area contributed by atoms with Crippen molar-refractivity contribution in [2.24, 2.45) is 5.92 Å². The molecule has 2 aromatic rings. The molecule has 2 rings (SSSR count). The van der Waals surface area contributed by atoms with Crippen molar-refractivity contribution in [3.8, 4) is 0 Å². The zero-order valence-electron chi connectivity index (χ0n) is 16.8. The van der Waals surface area contributed by atoms with E-state index in [1.807, 2.05) is 32.9 Å². The number of carbonyl (C=O) groups excluding carboxylic acids is 3. The van der Waals surface area contributed by atoms with Crippen LogP contribution in [0.15, 0.2) is 34.9 Å². The Morgan fingerprint density at radius 3 is 2.43 bits per heavy atom. The van der Waals surface area contributed by atoms with E-state index in [4.69, 9.17) is 4.52 Å². The molecule has 0 radical (unpaired) electrons. The number of rotatable bonds is 7. The standard InChI is InChI=1S/C20H26N4O4/c1-12(2)18(22-19(26)15-9-7-6-8-13(15)3)20(27)24(5)11-17(25)21-16-10-14(4)28-23-16/h6-10,12,18H,11H2,1-5H3,(H,22,26)(H,21,23,25). The number of likely N-dealkylation sites (N-methyl/N-ethyl adjacent to an activating group) is 1. The number of carbonyl (C=O) groups is 3. The molecule has 2 N–H and O–H groups in total. The van der Waals surface area contributed by atoms with Gasteiger partial charge < -0.3 is 20.1 Å². The van der Waals surface area contributed by atoms with Crippen molar-refractivity contribution in [3.05, 3.63) is 47.2 Å². The SMILES string of the molecule is Cc1cc(NC(=O)CN(C)C(=O)C(NC(=O)c2ccccc2C)C(C)C)no1. The summed E-state index contributed by atoms with van der Waals surface area (Å²) in [5.74, 6) is -0.360. The lowest BCUT2D eigenvalue weighted by atomic mass is 10.0. The largest absolute Gasteiger partial charge is 0.360 e. The van der Waals surface area contributed by atoms with Crippen molar-refractivity contribution in [3.63, 3.8) is 0 Å². The molecule has 8 heteroatoms. The Balaban J connectivity index is 2.01. The highest BCUT2D eigenvalue weighted by atomic mass is 16.5. The Morgan fingerprint density at radius 2 is 1.86 bits per heavy atom. The Hall–Kier alpha value is -3.16. The third-order valence-corrected chi connectivity index (χ3v) is 4.26. The first-order valence-electron chi connectivity index (χ1n) is 9.03. The molecule has 8 nitrogen and oxygen atoms in total. The highest BCUT2D eigenvalue weighted by Crippen LogP contribution is 2.11. The van der Waals surface area contributed by atoms with Gasteiger partial charge >= 0.3 is 0 Å². The molecule has 0 aliphatic rings. The van der Waals surface area contributed by atoms with Crippen molar-refractivity contribution >= 4 is 23.5 Å². The Morgan fingerprint density at radius 1 is 1.18 bits per heavy atom. The van der Waals surface area contributed by atoms with Gasteiger partial charge in [0, 0.05) is 18.7 Å². The summed E-state index contributed by atoms with van der Waals surface area (Å²) in [6, 6.07) is 8.00. The first-order valence-corrected chi connectivity index (χ1v) is 9.03. The minimum absolute atomic E-state index is 0.149. The zero-order chi connectivity index (χ0) is 20.8. The van der Waals surface area contributed by atoms with Gasteiger partial charge in [0.1, 0.15) is 11.8 Å². The number of hydrogen-bond acceptors (Lipinski definition) is 5. The van der Waals surface area contributed by atoms with Crippen LogP contribution in [-0.2, 0) is 9.59 Å². The van der Waals surface area contributed by atoms with Crippen LogP contribution in [0.5, 0.6) is 0 Å². The second kappa shape index (κ2) is 9.16. The predicted molar refractivity (Wildman–Crippen MR) is 105 cm³/mol. The molecule has 28 heavy (non-hydrogen) atoms. The van der Waals surface area contributed by atoms with Gasteiger partial charge in [-0.05, 0) is 31.4 Å². The number of anilines is 1. The van der Waals surface area contributed by atoms with Crippen molar-refractivity contribution in [2.45, 2.75) is 33.7 Å². The quantitative estimate of drug-likeness (QED) is 0.759. The lowest BCUT2D eigenvalue weighted by molar-refractivity contribution is -0.135. The summed E-state index contributed by atoms with van der Waals surface area (Å²) in [6.45, 7) is 7.06. The van der Waals surface area contributed by atoms with E-state index in [0.717, 1.165) is 5.56 Å². The molecular formula is C20H26N4O4. The average molecular weight is 386 g/mol. The van der Waals surface area contributed by atoms with Crippen LogP contribution < -0.4 is 10.6 Å². The van der Waals surface area contributed by atoms with Gasteiger partial charge in [-0.25, -0.2) is 0 Å². The van der Waals surface area contributed by atoms with Crippen LogP contribution in [0.4, 0.5) is 5.82 Å². The van der Waals surface area contributed by atoms with E-state index in [0.29, 0.717) is 11.3 Å². The third kappa shape index (κ3) is 5.42. The summed E-state index contributed by atoms with van der Waals surface area (Å²) in [4.78, 5) is 38.8. The number of aromatic nitrogens is 1. The van der Waals surface area contributed by atoms with Gasteiger partial charge in [0.25, 0.3) is 5.91 Å². The van der Waals surface area contributed by atoms with Crippen molar-refractivity contribution in [2.75, 3.05) is 18.9 Å². The normalized spacial score (nSPS) is 11.8. The van der Waals surface area contributed by atoms with Gasteiger partial charge in [-0.3, -0.25) is 14.4 Å². The second-order valence-corrected chi connectivity index (χ2v) is 7.08. The molecule has 1 aromatic heterocycles. The molecule has 1 atom stereocenters. The molecular weight excluding hydrogens is 360 g/mol. The molecule has 0 saturated heterocycles. The average Bonchev–Trinajstić information content (AvgIpc) is 3.03. The summed E-state index contributed by atoms with van der Waals surface area (Å²) in [5.41, 5.74) is 1.34. The number of nitrogens with one attached hydrogen (secondary N) is 2. The van der Waals surface area contributed by atoms with E-state index >= 15 is 0 Å². The summed E-state index contributed by atoms with van der Waals surface area (Å²) in [6.07, 6.45) is 0. The van der Waals surface area contributed by atoms with Crippen LogP contribution >= 0.6 is 0 Å². The highest BCUT2D eigenvalue weighted by molar-refractivity contribution is 5.99. The van der Waals surface area contributed by atoms with E-state index < -0.39 is 11.9 Å². The number of benzene rings is 1. The van der Waals surface area contributed by atoms with Crippen LogP contribution in [0, 0.1) is 19.8 Å². The van der Waals surface area contributed by atoms with E-state index in [-0.39, 0.29) is 30.1 Å². The lowest BCUT2D eigenvalue weighted by Crippen LogP contribution is -2.51. The number of aryl methyl sites for hydroxylation is 2. The lowest BCUT2D eigenvalue weighted by Gasteiger charge is -2.27. The van der Waals surface area contributed by atoms with Crippen LogP contribution in [0.1, 0.15) is 35.5 Å². The molecule has 1 unspecified atom stereocenters. The van der Waals surface area contributed by atoms with Gasteiger partial charge in [0.05, 0.1) is 6.54 Å². The Kier molecular flexibility index (Phi) is 6.92. The Labute approximate surface area is 164 Å². The van der Waals surface area contributed by atoms with Gasteiger partial charge in [-0.15, -0.1) is 0 Å². The minimum Gasteiger partial charge on any atom is -0.360 e. The molecule has 0 spiro atoms. The summed E-state index contributed by atoms with van der Waals surface area (Å²) in [7, 11) is 1.52. The maximum absolute atomic E-state index is 12.8. The fourth-order valence-electron chi connectivity index (χ4n) is 2.70. The van der Waals surface area contributed by atoms with E-state index in [1.165, 1.54) is 11.9 Å². The third-order valence-electron chi connectivity index (χ3n) is 4.26. The molecule has 0 fully saturated rings. The van der Waals surface area contributed by atoms with E-state index in [2.05, 4.69) is 15.8 Å². The van der Waals surface area contributed by atoms with Crippen molar-refractivity contribution in [1.29, 1.82) is 0 Å². The van der Waals surface area contributed by atoms with Crippen molar-refractivity contribution < 1.29 is 18.9 Å². The molecule has 0 aliphatic heterocycles. The van der Waals surface area contributed by atoms with Gasteiger partial charge in [-0.1, -0.05) is 37.2 Å². The van der Waals surface area contributed by atoms with Crippen LogP contribution in [0.3, 0.4) is 0 Å². The number of amides is 3. The zero-order valence-corrected chi connectivity index (χ0v) is 16.8. The molecule has 1 aromatic carbocycles.